The minimum absolute atomic E-state index is 0.121. The lowest BCUT2D eigenvalue weighted by atomic mass is 9.99. The molecule has 1 fully saturated rings. The molecule has 5 heteroatoms. The lowest BCUT2D eigenvalue weighted by Gasteiger charge is -2.36. The first kappa shape index (κ1) is 13.8. The minimum atomic E-state index is -1.08. The number of carbonyl (C=O) groups is 1. The van der Waals surface area contributed by atoms with Crippen LogP contribution in [0.2, 0.25) is 0 Å². The fraction of sp³-hybridized carbons (Fsp3) is 0.438. The number of piperidine rings is 1. The second-order valence-electron chi connectivity index (χ2n) is 5.44. The number of aromatic nitrogens is 2. The summed E-state index contributed by atoms with van der Waals surface area (Å²) in [7, 11) is 0. The second-order valence-corrected chi connectivity index (χ2v) is 5.44. The number of rotatable bonds is 3. The molecule has 0 radical (unpaired) electrons. The summed E-state index contributed by atoms with van der Waals surface area (Å²) in [5, 5.41) is 10.2. The van der Waals surface area contributed by atoms with Crippen LogP contribution >= 0.6 is 0 Å². The van der Waals surface area contributed by atoms with Crippen LogP contribution in [0.25, 0.3) is 10.9 Å². The smallest absolute Gasteiger partial charge is 0.374 e. The molecule has 0 spiro atoms. The van der Waals surface area contributed by atoms with E-state index in [1.54, 1.807) is 0 Å². The van der Waals surface area contributed by atoms with E-state index in [9.17, 15) is 9.90 Å². The quantitative estimate of drug-likeness (QED) is 0.938. The number of aromatic carboxylic acids is 1. The van der Waals surface area contributed by atoms with Crippen molar-refractivity contribution in [2.45, 2.75) is 38.6 Å². The Hall–Kier alpha value is -2.17. The maximum absolute atomic E-state index is 11.3. The molecule has 3 rings (SSSR count). The van der Waals surface area contributed by atoms with Crippen LogP contribution in [-0.2, 0) is 0 Å². The predicted molar refractivity (Wildman–Crippen MR) is 81.8 cm³/mol. The molecule has 0 saturated carbocycles. The van der Waals surface area contributed by atoms with Gasteiger partial charge in [0.15, 0.2) is 0 Å². The molecule has 0 bridgehead atoms. The average Bonchev–Trinajstić information content (AvgIpc) is 2.53. The molecule has 21 heavy (non-hydrogen) atoms. The Morgan fingerprint density at radius 1 is 1.33 bits per heavy atom. The second kappa shape index (κ2) is 5.68. The van der Waals surface area contributed by atoms with Gasteiger partial charge < -0.3 is 10.0 Å². The fourth-order valence-corrected chi connectivity index (χ4v) is 3.08. The average molecular weight is 285 g/mol. The maximum Gasteiger partial charge on any atom is 0.374 e. The standard InChI is InChI=1S/C16H19N3O2/c1-2-11-7-5-6-10-19(11)15-12-8-3-4-9-13(12)17-14(18-15)16(20)21/h3-4,8-9,11H,2,5-7,10H2,1H3,(H,20,21). The number of nitrogens with zero attached hydrogens (tertiary/aromatic N) is 3. The van der Waals surface area contributed by atoms with Gasteiger partial charge in [0.1, 0.15) is 5.82 Å². The van der Waals surface area contributed by atoms with Crippen molar-refractivity contribution in [2.75, 3.05) is 11.4 Å². The summed E-state index contributed by atoms with van der Waals surface area (Å²) in [5.74, 6) is -0.430. The molecule has 1 atom stereocenters. The minimum Gasteiger partial charge on any atom is -0.475 e. The highest BCUT2D eigenvalue weighted by Gasteiger charge is 2.25. The third-order valence-corrected chi connectivity index (χ3v) is 4.14. The summed E-state index contributed by atoms with van der Waals surface area (Å²) < 4.78 is 0. The highest BCUT2D eigenvalue weighted by molar-refractivity contribution is 5.94. The summed E-state index contributed by atoms with van der Waals surface area (Å²) in [5.41, 5.74) is 0.695. The maximum atomic E-state index is 11.3. The van der Waals surface area contributed by atoms with Gasteiger partial charge in [0.05, 0.1) is 5.52 Å². The molecule has 1 aliphatic rings. The molecule has 2 aromatic rings. The zero-order valence-electron chi connectivity index (χ0n) is 12.1. The number of fused-ring (bicyclic) bond motifs is 1. The highest BCUT2D eigenvalue weighted by atomic mass is 16.4. The zero-order chi connectivity index (χ0) is 14.8. The van der Waals surface area contributed by atoms with Crippen LogP contribution in [0.5, 0.6) is 0 Å². The van der Waals surface area contributed by atoms with E-state index in [0.29, 0.717) is 11.6 Å². The zero-order valence-corrected chi connectivity index (χ0v) is 12.1. The molecular formula is C16H19N3O2. The van der Waals surface area contributed by atoms with Crippen LogP contribution in [0.15, 0.2) is 24.3 Å². The van der Waals surface area contributed by atoms with Crippen molar-refractivity contribution in [3.8, 4) is 0 Å². The SMILES string of the molecule is CCC1CCCCN1c1nc(C(=O)O)nc2ccccc12. The van der Waals surface area contributed by atoms with Gasteiger partial charge in [0, 0.05) is 18.0 Å². The lowest BCUT2D eigenvalue weighted by Crippen LogP contribution is -2.40. The normalized spacial score (nSPS) is 18.9. The molecule has 0 aliphatic carbocycles. The van der Waals surface area contributed by atoms with Gasteiger partial charge in [-0.3, -0.25) is 0 Å². The van der Waals surface area contributed by atoms with Crippen LogP contribution < -0.4 is 4.90 Å². The Kier molecular flexibility index (Phi) is 3.73. The van der Waals surface area contributed by atoms with E-state index in [0.717, 1.165) is 37.0 Å². The van der Waals surface area contributed by atoms with Crippen molar-refractivity contribution >= 4 is 22.7 Å². The van der Waals surface area contributed by atoms with Gasteiger partial charge in [-0.05, 0) is 37.8 Å². The van der Waals surface area contributed by atoms with Gasteiger partial charge in [0.2, 0.25) is 5.82 Å². The van der Waals surface area contributed by atoms with Gasteiger partial charge in [-0.1, -0.05) is 19.1 Å². The number of benzene rings is 1. The molecule has 1 aliphatic heterocycles. The summed E-state index contributed by atoms with van der Waals surface area (Å²) >= 11 is 0. The molecule has 0 amide bonds. The first-order valence-electron chi connectivity index (χ1n) is 7.47. The molecule has 1 aromatic heterocycles. The summed E-state index contributed by atoms with van der Waals surface area (Å²) in [6.45, 7) is 3.10. The molecular weight excluding hydrogens is 266 g/mol. The van der Waals surface area contributed by atoms with Crippen molar-refractivity contribution in [3.63, 3.8) is 0 Å². The highest BCUT2D eigenvalue weighted by Crippen LogP contribution is 2.30. The molecule has 1 N–H and O–H groups in total. The van der Waals surface area contributed by atoms with Crippen molar-refractivity contribution in [1.82, 2.24) is 9.97 Å². The molecule has 5 nitrogen and oxygen atoms in total. The molecule has 1 unspecified atom stereocenters. The van der Waals surface area contributed by atoms with E-state index in [1.807, 2.05) is 24.3 Å². The Bertz CT molecular complexity index is 672. The van der Waals surface area contributed by atoms with E-state index >= 15 is 0 Å². The van der Waals surface area contributed by atoms with E-state index < -0.39 is 5.97 Å². The summed E-state index contributed by atoms with van der Waals surface area (Å²) in [6, 6.07) is 8.06. The van der Waals surface area contributed by atoms with Gasteiger partial charge in [0.25, 0.3) is 0 Å². The number of hydrogen-bond donors (Lipinski definition) is 1. The van der Waals surface area contributed by atoms with Gasteiger partial charge in [-0.2, -0.15) is 0 Å². The van der Waals surface area contributed by atoms with Gasteiger partial charge in [-0.15, -0.1) is 0 Å². The third kappa shape index (κ3) is 2.55. The number of para-hydroxylation sites is 1. The van der Waals surface area contributed by atoms with Crippen LogP contribution in [0.1, 0.15) is 43.2 Å². The molecule has 1 aromatic carbocycles. The number of carboxylic acids is 1. The van der Waals surface area contributed by atoms with Gasteiger partial charge >= 0.3 is 5.97 Å². The largest absolute Gasteiger partial charge is 0.475 e. The van der Waals surface area contributed by atoms with Crippen LogP contribution in [0.3, 0.4) is 0 Å². The summed E-state index contributed by atoms with van der Waals surface area (Å²) in [6.07, 6.45) is 4.53. The van der Waals surface area contributed by atoms with Crippen LogP contribution in [0.4, 0.5) is 5.82 Å². The Labute approximate surface area is 123 Å². The van der Waals surface area contributed by atoms with Crippen molar-refractivity contribution in [1.29, 1.82) is 0 Å². The molecule has 110 valence electrons. The van der Waals surface area contributed by atoms with Crippen LogP contribution in [0, 0.1) is 0 Å². The van der Waals surface area contributed by atoms with Crippen molar-refractivity contribution in [3.05, 3.63) is 30.1 Å². The Morgan fingerprint density at radius 2 is 2.14 bits per heavy atom. The number of anilines is 1. The Morgan fingerprint density at radius 3 is 2.90 bits per heavy atom. The van der Waals surface area contributed by atoms with Crippen molar-refractivity contribution < 1.29 is 9.90 Å². The summed E-state index contributed by atoms with van der Waals surface area (Å²) in [4.78, 5) is 22.0. The lowest BCUT2D eigenvalue weighted by molar-refractivity contribution is 0.0684. The number of hydrogen-bond acceptors (Lipinski definition) is 4. The number of carboxylic acid groups (broad SMARTS) is 1. The molecule has 1 saturated heterocycles. The van der Waals surface area contributed by atoms with E-state index in [2.05, 4.69) is 21.8 Å². The van der Waals surface area contributed by atoms with E-state index in [4.69, 9.17) is 0 Å². The topological polar surface area (TPSA) is 66.3 Å². The first-order chi connectivity index (χ1) is 10.2. The predicted octanol–water partition coefficient (Wildman–Crippen LogP) is 3.10. The monoisotopic (exact) mass is 285 g/mol. The Balaban J connectivity index is 2.17. The fourth-order valence-electron chi connectivity index (χ4n) is 3.08. The first-order valence-corrected chi connectivity index (χ1v) is 7.47. The molecule has 2 heterocycles. The van der Waals surface area contributed by atoms with Crippen molar-refractivity contribution in [2.24, 2.45) is 0 Å². The van der Waals surface area contributed by atoms with E-state index in [-0.39, 0.29) is 5.82 Å². The third-order valence-electron chi connectivity index (χ3n) is 4.14. The van der Waals surface area contributed by atoms with Gasteiger partial charge in [-0.25, -0.2) is 14.8 Å². The van der Waals surface area contributed by atoms with E-state index in [1.165, 1.54) is 6.42 Å². The van der Waals surface area contributed by atoms with Crippen LogP contribution in [-0.4, -0.2) is 33.6 Å².